The second kappa shape index (κ2) is 2.18. The number of hydrogen-bond acceptors (Lipinski definition) is 2. The van der Waals surface area contributed by atoms with E-state index >= 15 is 0 Å². The Labute approximate surface area is 48.8 Å². The normalized spacial score (nSPS) is 28.1. The highest BCUT2D eigenvalue weighted by molar-refractivity contribution is 4.90. The Kier molecular flexibility index (Phi) is 1.53. The van der Waals surface area contributed by atoms with E-state index in [1.165, 1.54) is 0 Å². The molecule has 0 bridgehead atoms. The molecule has 1 aliphatic heterocycles. The second-order valence-corrected chi connectivity index (χ2v) is 2.00. The third kappa shape index (κ3) is 1.01. The van der Waals surface area contributed by atoms with Gasteiger partial charge in [-0.1, -0.05) is 6.58 Å². The van der Waals surface area contributed by atoms with Crippen LogP contribution in [0, 0.1) is 0 Å². The zero-order chi connectivity index (χ0) is 5.98. The minimum atomic E-state index is 0.0301. The molecule has 2 heteroatoms. The Bertz CT molecular complexity index is 98.7. The summed E-state index contributed by atoms with van der Waals surface area (Å²) in [6.45, 7) is 3.74. The van der Waals surface area contributed by atoms with Crippen LogP contribution in [0.15, 0.2) is 12.3 Å². The molecule has 46 valence electrons. The predicted molar refractivity (Wildman–Crippen MR) is 30.3 cm³/mol. The van der Waals surface area contributed by atoms with E-state index in [1.54, 1.807) is 0 Å². The van der Waals surface area contributed by atoms with E-state index in [0.29, 0.717) is 0 Å². The SMILES string of the molecule is C=C1CCC(CO)O1. The third-order valence-electron chi connectivity index (χ3n) is 1.28. The summed E-state index contributed by atoms with van der Waals surface area (Å²) in [7, 11) is 0. The van der Waals surface area contributed by atoms with E-state index in [-0.39, 0.29) is 12.7 Å². The van der Waals surface area contributed by atoms with Gasteiger partial charge in [-0.05, 0) is 6.42 Å². The van der Waals surface area contributed by atoms with Crippen LogP contribution in [0.3, 0.4) is 0 Å². The summed E-state index contributed by atoms with van der Waals surface area (Å²) in [6.07, 6.45) is 1.86. The van der Waals surface area contributed by atoms with E-state index in [2.05, 4.69) is 6.58 Å². The highest BCUT2D eigenvalue weighted by Crippen LogP contribution is 2.19. The van der Waals surface area contributed by atoms with E-state index in [9.17, 15) is 0 Å². The van der Waals surface area contributed by atoms with Crippen LogP contribution in [0.1, 0.15) is 12.8 Å². The Hall–Kier alpha value is -0.500. The molecule has 0 saturated carbocycles. The molecule has 1 heterocycles. The van der Waals surface area contributed by atoms with Crippen molar-refractivity contribution in [2.75, 3.05) is 6.61 Å². The molecule has 0 aliphatic carbocycles. The number of allylic oxidation sites excluding steroid dienone is 1. The fourth-order valence-electron chi connectivity index (χ4n) is 0.804. The van der Waals surface area contributed by atoms with Gasteiger partial charge >= 0.3 is 0 Å². The molecule has 1 atom stereocenters. The van der Waals surface area contributed by atoms with Gasteiger partial charge in [0.1, 0.15) is 6.10 Å². The fraction of sp³-hybridized carbons (Fsp3) is 0.667. The smallest absolute Gasteiger partial charge is 0.122 e. The number of hydrogen-bond donors (Lipinski definition) is 1. The van der Waals surface area contributed by atoms with E-state index in [1.807, 2.05) is 0 Å². The molecule has 8 heavy (non-hydrogen) atoms. The minimum Gasteiger partial charge on any atom is -0.493 e. The van der Waals surface area contributed by atoms with Gasteiger partial charge in [0.25, 0.3) is 0 Å². The van der Waals surface area contributed by atoms with E-state index in [0.717, 1.165) is 18.6 Å². The molecule has 1 unspecified atom stereocenters. The zero-order valence-electron chi connectivity index (χ0n) is 4.76. The van der Waals surface area contributed by atoms with Crippen LogP contribution in [-0.2, 0) is 4.74 Å². The molecule has 0 aromatic heterocycles. The summed E-state index contributed by atoms with van der Waals surface area (Å²) in [4.78, 5) is 0. The van der Waals surface area contributed by atoms with Gasteiger partial charge in [-0.3, -0.25) is 0 Å². The maximum Gasteiger partial charge on any atom is 0.122 e. The molecule has 1 aliphatic rings. The number of aliphatic hydroxyl groups excluding tert-OH is 1. The summed E-state index contributed by atoms with van der Waals surface area (Å²) in [6, 6.07) is 0. The lowest BCUT2D eigenvalue weighted by atomic mass is 10.2. The van der Waals surface area contributed by atoms with Gasteiger partial charge in [-0.2, -0.15) is 0 Å². The van der Waals surface area contributed by atoms with Crippen molar-refractivity contribution in [2.24, 2.45) is 0 Å². The number of aliphatic hydroxyl groups is 1. The lowest BCUT2D eigenvalue weighted by molar-refractivity contribution is 0.0920. The molecule has 1 fully saturated rings. The maximum atomic E-state index is 8.52. The molecule has 1 rings (SSSR count). The first-order chi connectivity index (χ1) is 3.83. The third-order valence-corrected chi connectivity index (χ3v) is 1.28. The van der Waals surface area contributed by atoms with Crippen LogP contribution >= 0.6 is 0 Å². The average Bonchev–Trinajstić information content (AvgIpc) is 2.14. The monoisotopic (exact) mass is 114 g/mol. The van der Waals surface area contributed by atoms with Gasteiger partial charge < -0.3 is 9.84 Å². The summed E-state index contributed by atoms with van der Waals surface area (Å²) in [5, 5.41) is 8.52. The van der Waals surface area contributed by atoms with Crippen molar-refractivity contribution in [3.63, 3.8) is 0 Å². The second-order valence-electron chi connectivity index (χ2n) is 2.00. The lowest BCUT2D eigenvalue weighted by Crippen LogP contribution is -2.08. The van der Waals surface area contributed by atoms with Gasteiger partial charge in [0, 0.05) is 6.42 Å². The van der Waals surface area contributed by atoms with Gasteiger partial charge in [0.15, 0.2) is 0 Å². The number of rotatable bonds is 1. The standard InChI is InChI=1S/C6H10O2/c1-5-2-3-6(4-7)8-5/h6-7H,1-4H2. The zero-order valence-corrected chi connectivity index (χ0v) is 4.76. The van der Waals surface area contributed by atoms with Crippen molar-refractivity contribution in [1.29, 1.82) is 0 Å². The first-order valence-electron chi connectivity index (χ1n) is 2.78. The summed E-state index contributed by atoms with van der Waals surface area (Å²) in [5.74, 6) is 0.809. The van der Waals surface area contributed by atoms with Crippen LogP contribution in [-0.4, -0.2) is 17.8 Å². The van der Waals surface area contributed by atoms with Gasteiger partial charge in [-0.25, -0.2) is 0 Å². The fourth-order valence-corrected chi connectivity index (χ4v) is 0.804. The van der Waals surface area contributed by atoms with E-state index in [4.69, 9.17) is 9.84 Å². The van der Waals surface area contributed by atoms with Crippen LogP contribution < -0.4 is 0 Å². The quantitative estimate of drug-likeness (QED) is 0.543. The lowest BCUT2D eigenvalue weighted by Gasteiger charge is -2.03. The van der Waals surface area contributed by atoms with Crippen LogP contribution in [0.2, 0.25) is 0 Å². The highest BCUT2D eigenvalue weighted by atomic mass is 16.5. The Balaban J connectivity index is 2.32. The van der Waals surface area contributed by atoms with E-state index < -0.39 is 0 Å². The van der Waals surface area contributed by atoms with Gasteiger partial charge in [0.2, 0.25) is 0 Å². The largest absolute Gasteiger partial charge is 0.493 e. The van der Waals surface area contributed by atoms with Crippen LogP contribution in [0.4, 0.5) is 0 Å². The van der Waals surface area contributed by atoms with Crippen molar-refractivity contribution in [2.45, 2.75) is 18.9 Å². The maximum absolute atomic E-state index is 8.52. The van der Waals surface area contributed by atoms with Crippen LogP contribution in [0.5, 0.6) is 0 Å². The first kappa shape index (κ1) is 5.63. The van der Waals surface area contributed by atoms with Crippen molar-refractivity contribution in [3.05, 3.63) is 12.3 Å². The Morgan fingerprint density at radius 2 is 2.62 bits per heavy atom. The molecule has 1 N–H and O–H groups in total. The molecule has 0 aromatic carbocycles. The highest BCUT2D eigenvalue weighted by Gasteiger charge is 2.16. The summed E-state index contributed by atoms with van der Waals surface area (Å²) in [5.41, 5.74) is 0. The van der Waals surface area contributed by atoms with Crippen molar-refractivity contribution < 1.29 is 9.84 Å². The topological polar surface area (TPSA) is 29.5 Å². The molecular formula is C6H10O2. The molecule has 0 aromatic rings. The van der Waals surface area contributed by atoms with Gasteiger partial charge in [0.05, 0.1) is 12.4 Å². The predicted octanol–water partition coefficient (Wildman–Crippen LogP) is 0.671. The molecule has 0 amide bonds. The van der Waals surface area contributed by atoms with Crippen molar-refractivity contribution >= 4 is 0 Å². The summed E-state index contributed by atoms with van der Waals surface area (Å²) >= 11 is 0. The first-order valence-corrected chi connectivity index (χ1v) is 2.78. The summed E-state index contributed by atoms with van der Waals surface area (Å²) < 4.78 is 5.07. The number of ether oxygens (including phenoxy) is 1. The Morgan fingerprint density at radius 1 is 1.88 bits per heavy atom. The molecule has 0 radical (unpaired) electrons. The molecular weight excluding hydrogens is 104 g/mol. The van der Waals surface area contributed by atoms with Gasteiger partial charge in [-0.15, -0.1) is 0 Å². The molecule has 2 nitrogen and oxygen atoms in total. The van der Waals surface area contributed by atoms with Crippen molar-refractivity contribution in [3.8, 4) is 0 Å². The minimum absolute atomic E-state index is 0.0301. The van der Waals surface area contributed by atoms with Crippen molar-refractivity contribution in [1.82, 2.24) is 0 Å². The van der Waals surface area contributed by atoms with Crippen LogP contribution in [0.25, 0.3) is 0 Å². The average molecular weight is 114 g/mol. The molecule has 1 saturated heterocycles. The Morgan fingerprint density at radius 3 is 2.88 bits per heavy atom. The molecule has 0 spiro atoms.